The highest BCUT2D eigenvalue weighted by Gasteiger charge is 2.13. The molecule has 0 aliphatic rings. The topological polar surface area (TPSA) is 32.3 Å². The first-order chi connectivity index (χ1) is 9.21. The molecule has 0 radical (unpaired) electrons. The van der Waals surface area contributed by atoms with E-state index in [1.165, 1.54) is 32.1 Å². The van der Waals surface area contributed by atoms with E-state index < -0.39 is 0 Å². The Bertz CT molecular complexity index is 257. The molecular formula is C16H32N2O. The van der Waals surface area contributed by atoms with Crippen LogP contribution in [0.5, 0.6) is 0 Å². The van der Waals surface area contributed by atoms with Gasteiger partial charge < -0.3 is 10.2 Å². The number of rotatable bonds is 11. The van der Waals surface area contributed by atoms with Gasteiger partial charge in [0.25, 0.3) is 5.91 Å². The molecule has 0 atom stereocenters. The van der Waals surface area contributed by atoms with E-state index in [0.717, 1.165) is 25.2 Å². The molecule has 0 heterocycles. The molecule has 3 nitrogen and oxygen atoms in total. The summed E-state index contributed by atoms with van der Waals surface area (Å²) in [4.78, 5) is 14.2. The Kier molecular flexibility index (Phi) is 11.4. The third kappa shape index (κ3) is 7.91. The molecule has 1 amide bonds. The minimum atomic E-state index is 0.0692. The van der Waals surface area contributed by atoms with E-state index in [4.69, 9.17) is 0 Å². The highest BCUT2D eigenvalue weighted by Crippen LogP contribution is 2.10. The van der Waals surface area contributed by atoms with Crippen LogP contribution < -0.4 is 5.32 Å². The molecule has 0 rings (SSSR count). The number of hydrogen-bond donors (Lipinski definition) is 1. The Balaban J connectivity index is 4.34. The van der Waals surface area contributed by atoms with Crippen molar-refractivity contribution in [3.05, 3.63) is 11.8 Å². The number of hydrogen-bond acceptors (Lipinski definition) is 2. The number of likely N-dealkylation sites (N-methyl/N-ethyl adjacent to an activating group) is 2. The van der Waals surface area contributed by atoms with Gasteiger partial charge in [0.15, 0.2) is 0 Å². The molecule has 0 bridgehead atoms. The van der Waals surface area contributed by atoms with Gasteiger partial charge in [0.1, 0.15) is 0 Å². The van der Waals surface area contributed by atoms with E-state index in [9.17, 15) is 4.79 Å². The van der Waals surface area contributed by atoms with Crippen LogP contribution in [0.4, 0.5) is 0 Å². The van der Waals surface area contributed by atoms with Gasteiger partial charge >= 0.3 is 0 Å². The van der Waals surface area contributed by atoms with Crippen LogP contribution in [0.25, 0.3) is 0 Å². The first-order valence-corrected chi connectivity index (χ1v) is 7.94. The van der Waals surface area contributed by atoms with Gasteiger partial charge in [0.05, 0.1) is 5.70 Å². The predicted octanol–water partition coefficient (Wildman–Crippen LogP) is 3.71. The molecular weight excluding hydrogens is 236 g/mol. The molecule has 0 fully saturated rings. The lowest BCUT2D eigenvalue weighted by atomic mass is 10.1. The van der Waals surface area contributed by atoms with E-state index in [-0.39, 0.29) is 5.91 Å². The summed E-state index contributed by atoms with van der Waals surface area (Å²) in [7, 11) is 0. The zero-order chi connectivity index (χ0) is 14.5. The summed E-state index contributed by atoms with van der Waals surface area (Å²) in [6.07, 6.45) is 9.49. The van der Waals surface area contributed by atoms with E-state index in [1.54, 1.807) is 0 Å². The van der Waals surface area contributed by atoms with Gasteiger partial charge in [0.2, 0.25) is 0 Å². The number of nitrogens with one attached hydrogen (secondary N) is 1. The minimum absolute atomic E-state index is 0.0692. The summed E-state index contributed by atoms with van der Waals surface area (Å²) >= 11 is 0. The molecule has 0 aromatic rings. The average Bonchev–Trinajstić information content (AvgIpc) is 2.41. The summed E-state index contributed by atoms with van der Waals surface area (Å²) in [5.74, 6) is 0.0692. The van der Waals surface area contributed by atoms with Gasteiger partial charge in [-0.2, -0.15) is 0 Å². The molecule has 112 valence electrons. The van der Waals surface area contributed by atoms with Crippen LogP contribution in [0.3, 0.4) is 0 Å². The standard InChI is InChI=1S/C16H32N2O/c1-5-9-10-11-12-13-14-15(16(19)17-6-2)18(7-3)8-4/h14H,5-13H2,1-4H3,(H,17,19)/b15-14+. The van der Waals surface area contributed by atoms with Crippen molar-refractivity contribution in [1.29, 1.82) is 0 Å². The average molecular weight is 268 g/mol. The second-order valence-electron chi connectivity index (χ2n) is 4.82. The highest BCUT2D eigenvalue weighted by molar-refractivity contribution is 5.92. The highest BCUT2D eigenvalue weighted by atomic mass is 16.2. The van der Waals surface area contributed by atoms with Crippen molar-refractivity contribution in [3.63, 3.8) is 0 Å². The molecule has 3 heteroatoms. The fraction of sp³-hybridized carbons (Fsp3) is 0.812. The van der Waals surface area contributed by atoms with Crippen molar-refractivity contribution in [3.8, 4) is 0 Å². The zero-order valence-electron chi connectivity index (χ0n) is 13.3. The SMILES string of the molecule is CCCCCCC/C=C(\C(=O)NCC)N(CC)CC. The van der Waals surface area contributed by atoms with Gasteiger partial charge in [-0.25, -0.2) is 0 Å². The van der Waals surface area contributed by atoms with Gasteiger partial charge in [-0.15, -0.1) is 0 Å². The molecule has 0 aliphatic heterocycles. The molecule has 0 aromatic carbocycles. The second-order valence-corrected chi connectivity index (χ2v) is 4.82. The molecule has 0 saturated heterocycles. The summed E-state index contributed by atoms with van der Waals surface area (Å²) < 4.78 is 0. The lowest BCUT2D eigenvalue weighted by Gasteiger charge is -2.23. The Morgan fingerprint density at radius 1 is 1.00 bits per heavy atom. The Morgan fingerprint density at radius 3 is 2.16 bits per heavy atom. The van der Waals surface area contributed by atoms with Crippen molar-refractivity contribution >= 4 is 5.91 Å². The smallest absolute Gasteiger partial charge is 0.267 e. The molecule has 0 saturated carbocycles. The first-order valence-electron chi connectivity index (χ1n) is 7.94. The quantitative estimate of drug-likeness (QED) is 0.457. The van der Waals surface area contributed by atoms with Crippen LogP contribution in [0.1, 0.15) is 66.2 Å². The van der Waals surface area contributed by atoms with E-state index in [1.807, 2.05) is 6.92 Å². The maximum absolute atomic E-state index is 12.0. The summed E-state index contributed by atoms with van der Waals surface area (Å²) in [6.45, 7) is 10.8. The van der Waals surface area contributed by atoms with Crippen molar-refractivity contribution in [2.24, 2.45) is 0 Å². The van der Waals surface area contributed by atoms with Crippen LogP contribution in [-0.2, 0) is 4.79 Å². The zero-order valence-corrected chi connectivity index (χ0v) is 13.3. The maximum atomic E-state index is 12.0. The minimum Gasteiger partial charge on any atom is -0.368 e. The fourth-order valence-corrected chi connectivity index (χ4v) is 2.17. The fourth-order valence-electron chi connectivity index (χ4n) is 2.17. The number of carbonyl (C=O) groups is 1. The third-order valence-corrected chi connectivity index (χ3v) is 3.32. The molecule has 0 aromatic heterocycles. The molecule has 19 heavy (non-hydrogen) atoms. The summed E-state index contributed by atoms with van der Waals surface area (Å²) in [6, 6.07) is 0. The summed E-state index contributed by atoms with van der Waals surface area (Å²) in [5, 5.41) is 2.91. The van der Waals surface area contributed by atoms with E-state index >= 15 is 0 Å². The van der Waals surface area contributed by atoms with Crippen molar-refractivity contribution in [1.82, 2.24) is 10.2 Å². The number of allylic oxidation sites excluding steroid dienone is 1. The van der Waals surface area contributed by atoms with Gasteiger partial charge in [-0.05, 0) is 33.6 Å². The van der Waals surface area contributed by atoms with Crippen molar-refractivity contribution in [2.75, 3.05) is 19.6 Å². The second kappa shape index (κ2) is 12.1. The predicted molar refractivity (Wildman–Crippen MR) is 83.1 cm³/mol. The van der Waals surface area contributed by atoms with Crippen LogP contribution in [0.15, 0.2) is 11.8 Å². The summed E-state index contributed by atoms with van der Waals surface area (Å²) in [5.41, 5.74) is 0.849. The lowest BCUT2D eigenvalue weighted by Crippen LogP contribution is -2.34. The molecule has 0 aliphatic carbocycles. The largest absolute Gasteiger partial charge is 0.368 e. The van der Waals surface area contributed by atoms with Crippen molar-refractivity contribution < 1.29 is 4.79 Å². The van der Waals surface area contributed by atoms with Gasteiger partial charge in [-0.1, -0.05) is 38.7 Å². The van der Waals surface area contributed by atoms with Crippen LogP contribution in [-0.4, -0.2) is 30.4 Å². The van der Waals surface area contributed by atoms with Crippen LogP contribution in [0, 0.1) is 0 Å². The monoisotopic (exact) mass is 268 g/mol. The molecule has 0 unspecified atom stereocenters. The number of amides is 1. The first kappa shape index (κ1) is 18.0. The Hall–Kier alpha value is -0.990. The number of carbonyl (C=O) groups excluding carboxylic acids is 1. The Labute approximate surface area is 119 Å². The molecule has 0 spiro atoms. The van der Waals surface area contributed by atoms with E-state index in [2.05, 4.69) is 37.1 Å². The van der Waals surface area contributed by atoms with E-state index in [0.29, 0.717) is 6.54 Å². The number of unbranched alkanes of at least 4 members (excludes halogenated alkanes) is 5. The maximum Gasteiger partial charge on any atom is 0.267 e. The van der Waals surface area contributed by atoms with Crippen molar-refractivity contribution in [2.45, 2.75) is 66.2 Å². The Morgan fingerprint density at radius 2 is 1.63 bits per heavy atom. The lowest BCUT2D eigenvalue weighted by molar-refractivity contribution is -0.118. The molecule has 1 N–H and O–H groups in total. The van der Waals surface area contributed by atoms with Gasteiger partial charge in [0, 0.05) is 19.6 Å². The van der Waals surface area contributed by atoms with Crippen LogP contribution in [0.2, 0.25) is 0 Å². The van der Waals surface area contributed by atoms with Crippen LogP contribution >= 0.6 is 0 Å². The van der Waals surface area contributed by atoms with Gasteiger partial charge in [-0.3, -0.25) is 4.79 Å². The number of nitrogens with zero attached hydrogens (tertiary/aromatic N) is 1. The normalized spacial score (nSPS) is 11.5. The third-order valence-electron chi connectivity index (χ3n) is 3.32.